The van der Waals surface area contributed by atoms with Crippen molar-refractivity contribution in [2.24, 2.45) is 0 Å². The van der Waals surface area contributed by atoms with E-state index in [4.69, 9.17) is 56.8 Å². The molecule has 1 rings (SSSR count). The van der Waals surface area contributed by atoms with E-state index in [1.54, 1.807) is 0 Å². The molecule has 0 aliphatic carbocycles. The van der Waals surface area contributed by atoms with E-state index in [1.807, 2.05) is 0 Å². The quantitative estimate of drug-likeness (QED) is 0.0580. The number of ether oxygens (including phenoxy) is 12. The molecule has 0 spiro atoms. The lowest BCUT2D eigenvalue weighted by Crippen LogP contribution is -2.15. The fourth-order valence-corrected chi connectivity index (χ4v) is 7.13. The van der Waals surface area contributed by atoms with Crippen LogP contribution in [0.5, 0.6) is 5.75 Å². The van der Waals surface area contributed by atoms with Crippen molar-refractivity contribution < 1.29 is 56.8 Å². The maximum Gasteiger partial charge on any atom is 0.119 e. The van der Waals surface area contributed by atoms with Gasteiger partial charge in [0.15, 0.2) is 0 Å². The van der Waals surface area contributed by atoms with Gasteiger partial charge >= 0.3 is 0 Å². The van der Waals surface area contributed by atoms with Crippen LogP contribution in [0.2, 0.25) is 0 Å². The minimum absolute atomic E-state index is 0.516. The molecule has 0 saturated heterocycles. The fourth-order valence-electron chi connectivity index (χ4n) is 7.13. The second kappa shape index (κ2) is 56.2. The highest BCUT2D eigenvalue weighted by Gasteiger charge is 2.01. The highest BCUT2D eigenvalue weighted by atomic mass is 16.6. The predicted octanol–water partition coefficient (Wildman–Crippen LogP) is 11.4. The maximum atomic E-state index is 5.79. The number of hydrogen-bond acceptors (Lipinski definition) is 12. The van der Waals surface area contributed by atoms with Crippen molar-refractivity contribution in [3.63, 3.8) is 0 Å². The molecule has 1 aromatic carbocycles. The molecule has 0 aromatic heterocycles. The molecule has 0 heterocycles. The summed E-state index contributed by atoms with van der Waals surface area (Å²) in [6, 6.07) is 8.45. The van der Waals surface area contributed by atoms with Crippen LogP contribution in [0.4, 0.5) is 0 Å². The molecule has 0 amide bonds. The summed E-state index contributed by atoms with van der Waals surface area (Å²) in [6.07, 6.45) is 31.3. The molecule has 0 fully saturated rings. The van der Waals surface area contributed by atoms with E-state index in [2.05, 4.69) is 38.1 Å². The minimum Gasteiger partial charge on any atom is -0.491 e. The molecule has 12 heteroatoms. The van der Waals surface area contributed by atoms with Crippen LogP contribution in [0.1, 0.15) is 161 Å². The molecule has 66 heavy (non-hydrogen) atoms. The fraction of sp³-hybridized carbons (Fsp3) is 0.889. The second-order valence-corrected chi connectivity index (χ2v) is 17.0. The zero-order valence-electron chi connectivity index (χ0n) is 42.7. The van der Waals surface area contributed by atoms with Gasteiger partial charge in [0.05, 0.1) is 139 Å². The first kappa shape index (κ1) is 62.6. The molecular formula is C54H102O12. The average Bonchev–Trinajstić information content (AvgIpc) is 3.33. The Hall–Kier alpha value is -1.42. The Morgan fingerprint density at radius 1 is 0.227 bits per heavy atom. The van der Waals surface area contributed by atoms with Crippen LogP contribution in [0, 0.1) is 0 Å². The zero-order chi connectivity index (χ0) is 47.0. The standard InChI is InChI=1S/C54H102O12/c1-3-5-7-9-11-12-13-14-15-16-17-18-19-20-22-24-30-55-31-32-56-33-34-57-35-36-58-37-38-59-39-40-60-41-42-61-43-44-62-45-46-63-47-48-64-49-50-65-51-52-66-54-28-26-53(27-29-54)25-23-21-10-8-6-4-2/h26-29H,3-25,30-52H2,1-2H3. The van der Waals surface area contributed by atoms with Gasteiger partial charge in [-0.25, -0.2) is 0 Å². The molecule has 0 aliphatic heterocycles. The van der Waals surface area contributed by atoms with E-state index in [9.17, 15) is 0 Å². The van der Waals surface area contributed by atoms with Crippen LogP contribution >= 0.6 is 0 Å². The monoisotopic (exact) mass is 943 g/mol. The van der Waals surface area contributed by atoms with Crippen molar-refractivity contribution in [2.45, 2.75) is 162 Å². The Kier molecular flexibility index (Phi) is 53.3. The van der Waals surface area contributed by atoms with E-state index >= 15 is 0 Å². The van der Waals surface area contributed by atoms with E-state index in [0.717, 1.165) is 25.2 Å². The van der Waals surface area contributed by atoms with Gasteiger partial charge in [-0.15, -0.1) is 0 Å². The molecule has 0 radical (unpaired) electrons. The van der Waals surface area contributed by atoms with Crippen LogP contribution in [0.3, 0.4) is 0 Å². The SMILES string of the molecule is CCCCCCCCCCCCCCCCCCOCCOCCOCCOCCOCCOCCOCCOCCOCCOCCOCCOc1ccc(CCCCCCCC)cc1. The predicted molar refractivity (Wildman–Crippen MR) is 268 cm³/mol. The summed E-state index contributed by atoms with van der Waals surface area (Å²) in [4.78, 5) is 0. The smallest absolute Gasteiger partial charge is 0.119 e. The van der Waals surface area contributed by atoms with Gasteiger partial charge in [-0.2, -0.15) is 0 Å². The van der Waals surface area contributed by atoms with Crippen molar-refractivity contribution in [3.8, 4) is 5.75 Å². The lowest BCUT2D eigenvalue weighted by atomic mass is 10.0. The van der Waals surface area contributed by atoms with Crippen molar-refractivity contribution in [1.82, 2.24) is 0 Å². The van der Waals surface area contributed by atoms with Gasteiger partial charge < -0.3 is 56.8 Å². The third-order valence-corrected chi connectivity index (χ3v) is 11.1. The van der Waals surface area contributed by atoms with Crippen molar-refractivity contribution in [2.75, 3.05) is 152 Å². The molecule has 0 unspecified atom stereocenters. The summed E-state index contributed by atoms with van der Waals surface area (Å²) in [6.45, 7) is 17.2. The van der Waals surface area contributed by atoms with Crippen molar-refractivity contribution in [1.29, 1.82) is 0 Å². The lowest BCUT2D eigenvalue weighted by Gasteiger charge is -2.09. The molecule has 0 aliphatic rings. The first-order valence-corrected chi connectivity index (χ1v) is 26.9. The summed E-state index contributed by atoms with van der Waals surface area (Å²) in [5, 5.41) is 0. The molecule has 390 valence electrons. The van der Waals surface area contributed by atoms with Gasteiger partial charge in [-0.3, -0.25) is 0 Å². The largest absolute Gasteiger partial charge is 0.491 e. The van der Waals surface area contributed by atoms with Gasteiger partial charge in [0, 0.05) is 6.61 Å². The molecule has 0 bridgehead atoms. The van der Waals surface area contributed by atoms with Crippen LogP contribution in [0.25, 0.3) is 0 Å². The van der Waals surface area contributed by atoms with Crippen LogP contribution in [-0.4, -0.2) is 152 Å². The van der Waals surface area contributed by atoms with Gasteiger partial charge in [-0.1, -0.05) is 154 Å². The van der Waals surface area contributed by atoms with E-state index < -0.39 is 0 Å². The molecule has 12 nitrogen and oxygen atoms in total. The summed E-state index contributed by atoms with van der Waals surface area (Å²) in [7, 11) is 0. The Bertz CT molecular complexity index is 1020. The van der Waals surface area contributed by atoms with Crippen LogP contribution < -0.4 is 4.74 Å². The van der Waals surface area contributed by atoms with Crippen LogP contribution in [-0.2, 0) is 58.5 Å². The number of hydrogen-bond donors (Lipinski definition) is 0. The minimum atomic E-state index is 0.516. The highest BCUT2D eigenvalue weighted by Crippen LogP contribution is 2.16. The molecule has 0 N–H and O–H groups in total. The summed E-state index contributed by atoms with van der Waals surface area (Å²) >= 11 is 0. The maximum absolute atomic E-state index is 5.79. The van der Waals surface area contributed by atoms with Crippen LogP contribution in [0.15, 0.2) is 24.3 Å². The highest BCUT2D eigenvalue weighted by molar-refractivity contribution is 5.27. The Morgan fingerprint density at radius 2 is 0.455 bits per heavy atom. The third-order valence-electron chi connectivity index (χ3n) is 11.1. The van der Waals surface area contributed by atoms with Gasteiger partial charge in [0.2, 0.25) is 0 Å². The normalized spacial score (nSPS) is 11.6. The van der Waals surface area contributed by atoms with Crippen molar-refractivity contribution in [3.05, 3.63) is 29.8 Å². The number of aryl methyl sites for hydroxylation is 1. The Labute approximate surface area is 404 Å². The third kappa shape index (κ3) is 50.5. The number of benzene rings is 1. The first-order chi connectivity index (χ1) is 32.9. The summed E-state index contributed by atoms with van der Waals surface area (Å²) < 4.78 is 67.1. The van der Waals surface area contributed by atoms with E-state index in [0.29, 0.717) is 145 Å². The lowest BCUT2D eigenvalue weighted by molar-refractivity contribution is -0.0277. The van der Waals surface area contributed by atoms with Gasteiger partial charge in [0.1, 0.15) is 12.4 Å². The average molecular weight is 943 g/mol. The number of unbranched alkanes of at least 4 members (excludes halogenated alkanes) is 20. The first-order valence-electron chi connectivity index (χ1n) is 26.9. The van der Waals surface area contributed by atoms with Gasteiger partial charge in [-0.05, 0) is 37.0 Å². The van der Waals surface area contributed by atoms with E-state index in [-0.39, 0.29) is 0 Å². The summed E-state index contributed by atoms with van der Waals surface area (Å²) in [5.41, 5.74) is 1.38. The van der Waals surface area contributed by atoms with Crippen molar-refractivity contribution >= 4 is 0 Å². The summed E-state index contributed by atoms with van der Waals surface area (Å²) in [5.74, 6) is 0.888. The Morgan fingerprint density at radius 3 is 0.742 bits per heavy atom. The topological polar surface area (TPSA) is 111 Å². The molecule has 1 aromatic rings. The van der Waals surface area contributed by atoms with Gasteiger partial charge in [0.25, 0.3) is 0 Å². The zero-order valence-corrected chi connectivity index (χ0v) is 42.7. The molecular weight excluding hydrogens is 841 g/mol. The Balaban J connectivity index is 1.63. The molecule has 0 atom stereocenters. The number of rotatable bonds is 58. The second-order valence-electron chi connectivity index (χ2n) is 17.0. The molecule has 0 saturated carbocycles. The van der Waals surface area contributed by atoms with E-state index in [1.165, 1.54) is 140 Å².